The molecule has 2 aromatic carbocycles. The molecule has 0 radical (unpaired) electrons. The summed E-state index contributed by atoms with van der Waals surface area (Å²) >= 11 is 0. The molecule has 2 saturated heterocycles. The average Bonchev–Trinajstić information content (AvgIpc) is 3.75. The van der Waals surface area contributed by atoms with Crippen LogP contribution in [0.3, 0.4) is 0 Å². The predicted octanol–water partition coefficient (Wildman–Crippen LogP) is 1.92. The van der Waals surface area contributed by atoms with Gasteiger partial charge in [0.05, 0.1) is 6.20 Å². The molecule has 0 saturated carbocycles. The quantitative estimate of drug-likeness (QED) is 0.0805. The van der Waals surface area contributed by atoms with Gasteiger partial charge in [-0.05, 0) is 43.0 Å². The summed E-state index contributed by atoms with van der Waals surface area (Å²) in [5, 5.41) is 36.7. The van der Waals surface area contributed by atoms with E-state index in [2.05, 4.69) is 46.4 Å². The Balaban J connectivity index is 1.04. The summed E-state index contributed by atoms with van der Waals surface area (Å²) in [5.41, 5.74) is 2.51. The van der Waals surface area contributed by atoms with Crippen molar-refractivity contribution in [3.05, 3.63) is 108 Å². The van der Waals surface area contributed by atoms with Crippen molar-refractivity contribution < 1.29 is 29.3 Å². The Morgan fingerprint density at radius 3 is 2.19 bits per heavy atom. The van der Waals surface area contributed by atoms with Crippen LogP contribution >= 0.6 is 0 Å². The molecule has 17 nitrogen and oxygen atoms in total. The number of imidazole rings is 1. The van der Waals surface area contributed by atoms with Gasteiger partial charge in [-0.3, -0.25) is 14.2 Å². The van der Waals surface area contributed by atoms with Gasteiger partial charge in [0.15, 0.2) is 18.0 Å². The Morgan fingerprint density at radius 1 is 0.842 bits per heavy atom. The van der Waals surface area contributed by atoms with Crippen molar-refractivity contribution in [2.75, 3.05) is 49.5 Å². The first-order valence-corrected chi connectivity index (χ1v) is 19.2. The first kappa shape index (κ1) is 39.1. The zero-order chi connectivity index (χ0) is 39.7. The molecule has 298 valence electrons. The van der Waals surface area contributed by atoms with Gasteiger partial charge < -0.3 is 46.4 Å². The summed E-state index contributed by atoms with van der Waals surface area (Å²) in [6.45, 7) is 4.20. The SMILES string of the molecule is CCNC(=O)[C@H]1O[C@@H](n2c(NCC(c3ccccc3)c3ccccc3)nc3cnc(C(=O)NCCNC(=O)NC4CCN(c5ccccn5)CC4)nc32)[C@H](O)[C@@H]1O. The lowest BCUT2D eigenvalue weighted by molar-refractivity contribution is -0.137. The molecule has 5 aromatic rings. The van der Waals surface area contributed by atoms with E-state index in [-0.39, 0.29) is 54.0 Å². The first-order valence-electron chi connectivity index (χ1n) is 19.2. The third-order valence-electron chi connectivity index (χ3n) is 10.1. The topological polar surface area (TPSA) is 221 Å². The Labute approximate surface area is 329 Å². The highest BCUT2D eigenvalue weighted by molar-refractivity contribution is 5.92. The summed E-state index contributed by atoms with van der Waals surface area (Å²) in [5.74, 6) is -0.355. The van der Waals surface area contributed by atoms with Crippen LogP contribution in [0.1, 0.15) is 53.7 Å². The van der Waals surface area contributed by atoms with Crippen molar-refractivity contribution in [3.63, 3.8) is 0 Å². The Morgan fingerprint density at radius 2 is 1.53 bits per heavy atom. The molecule has 2 aliphatic rings. The lowest BCUT2D eigenvalue weighted by Gasteiger charge is -2.33. The number of nitrogens with one attached hydrogen (secondary N) is 5. The van der Waals surface area contributed by atoms with Gasteiger partial charge in [0.25, 0.3) is 11.8 Å². The maximum absolute atomic E-state index is 13.3. The highest BCUT2D eigenvalue weighted by Gasteiger charge is 2.48. The Kier molecular flexibility index (Phi) is 12.5. The number of anilines is 2. The number of hydrogen-bond acceptors (Lipinski definition) is 12. The number of benzene rings is 2. The summed E-state index contributed by atoms with van der Waals surface area (Å²) in [6, 6.07) is 25.4. The number of rotatable bonds is 14. The van der Waals surface area contributed by atoms with Crippen LogP contribution in [0.4, 0.5) is 16.6 Å². The van der Waals surface area contributed by atoms with Gasteiger partial charge in [-0.25, -0.2) is 24.7 Å². The molecule has 7 N–H and O–H groups in total. The van der Waals surface area contributed by atoms with Gasteiger partial charge in [-0.2, -0.15) is 0 Å². The van der Waals surface area contributed by atoms with Gasteiger partial charge >= 0.3 is 6.03 Å². The van der Waals surface area contributed by atoms with Crippen LogP contribution < -0.4 is 31.5 Å². The standard InChI is InChI=1S/C40H47N11O6/c1-2-41-36(54)33-31(52)32(53)38(57-33)51-35-29(48-39(51)46-23-28(25-11-5-3-6-12-25)26-13-7-4-8-14-26)24-45-34(49-35)37(55)43-19-20-44-40(56)47-27-16-21-50(22-17-27)30-15-9-10-18-42-30/h3-15,18,24,27-28,31-33,38,52-53H,2,16-17,19-23H2,1H3,(H,41,54)(H,43,55)(H,46,48)(H2,44,47,56)/t31-,32+,33-,38+/m0/s1. The number of pyridine rings is 1. The molecule has 0 unspecified atom stereocenters. The number of carbonyl (C=O) groups excluding carboxylic acids is 3. The number of aliphatic hydroxyl groups excluding tert-OH is 2. The minimum atomic E-state index is -1.55. The second-order valence-electron chi connectivity index (χ2n) is 13.9. The van der Waals surface area contributed by atoms with Crippen LogP contribution in [-0.4, -0.2) is 116 Å². The van der Waals surface area contributed by atoms with E-state index in [1.54, 1.807) is 13.1 Å². The fourth-order valence-corrected chi connectivity index (χ4v) is 7.18. The number of amides is 4. The number of carbonyl (C=O) groups is 3. The molecular formula is C40H47N11O6. The molecule has 17 heteroatoms. The number of hydrogen-bond donors (Lipinski definition) is 7. The zero-order valence-corrected chi connectivity index (χ0v) is 31.5. The van der Waals surface area contributed by atoms with E-state index in [1.165, 1.54) is 10.8 Å². The number of piperidine rings is 1. The van der Waals surface area contributed by atoms with Crippen molar-refractivity contribution >= 4 is 40.8 Å². The molecule has 0 bridgehead atoms. The van der Waals surface area contributed by atoms with E-state index in [0.29, 0.717) is 13.1 Å². The van der Waals surface area contributed by atoms with E-state index in [0.717, 1.165) is 42.9 Å². The summed E-state index contributed by atoms with van der Waals surface area (Å²) < 4.78 is 7.46. The fourth-order valence-electron chi connectivity index (χ4n) is 7.18. The smallest absolute Gasteiger partial charge is 0.315 e. The van der Waals surface area contributed by atoms with Gasteiger partial charge in [0.2, 0.25) is 11.8 Å². The third kappa shape index (κ3) is 9.12. The van der Waals surface area contributed by atoms with E-state index < -0.39 is 36.4 Å². The maximum Gasteiger partial charge on any atom is 0.315 e. The lowest BCUT2D eigenvalue weighted by Crippen LogP contribution is -2.49. The number of aromatic nitrogens is 5. The van der Waals surface area contributed by atoms with Gasteiger partial charge in [-0.15, -0.1) is 0 Å². The minimum Gasteiger partial charge on any atom is -0.387 e. The van der Waals surface area contributed by atoms with Crippen molar-refractivity contribution in [1.29, 1.82) is 0 Å². The number of urea groups is 1. The van der Waals surface area contributed by atoms with Crippen LogP contribution in [0.5, 0.6) is 0 Å². The van der Waals surface area contributed by atoms with Crippen LogP contribution in [0.25, 0.3) is 11.2 Å². The molecule has 2 fully saturated rings. The highest BCUT2D eigenvalue weighted by atomic mass is 16.6. The summed E-state index contributed by atoms with van der Waals surface area (Å²) in [6.07, 6.45) is -1.06. The first-order chi connectivity index (χ1) is 27.8. The number of likely N-dealkylation sites (N-methyl/N-ethyl adjacent to an activating group) is 1. The molecule has 57 heavy (non-hydrogen) atoms. The van der Waals surface area contributed by atoms with Crippen LogP contribution in [0.15, 0.2) is 91.3 Å². The molecule has 0 aliphatic carbocycles. The van der Waals surface area contributed by atoms with Gasteiger partial charge in [-0.1, -0.05) is 66.7 Å². The van der Waals surface area contributed by atoms with E-state index >= 15 is 0 Å². The molecule has 7 rings (SSSR count). The molecule has 3 aromatic heterocycles. The van der Waals surface area contributed by atoms with Crippen LogP contribution in [0.2, 0.25) is 0 Å². The normalized spacial score (nSPS) is 19.7. The second-order valence-corrected chi connectivity index (χ2v) is 13.9. The number of nitrogens with zero attached hydrogens (tertiary/aromatic N) is 6. The van der Waals surface area contributed by atoms with Gasteiger partial charge in [0, 0.05) is 57.4 Å². The van der Waals surface area contributed by atoms with Crippen molar-refractivity contribution in [2.24, 2.45) is 0 Å². The molecule has 2 aliphatic heterocycles. The summed E-state index contributed by atoms with van der Waals surface area (Å²) in [7, 11) is 0. The summed E-state index contributed by atoms with van der Waals surface area (Å²) in [4.78, 5) is 58.8. The number of fused-ring (bicyclic) bond motifs is 1. The Bertz CT molecular complexity index is 2080. The molecule has 4 atom stereocenters. The monoisotopic (exact) mass is 777 g/mol. The van der Waals surface area contributed by atoms with Crippen molar-refractivity contribution in [2.45, 2.75) is 56.3 Å². The largest absolute Gasteiger partial charge is 0.387 e. The molecule has 0 spiro atoms. The van der Waals surface area contributed by atoms with E-state index in [4.69, 9.17) is 9.72 Å². The molecule has 5 heterocycles. The van der Waals surface area contributed by atoms with Crippen LogP contribution in [-0.2, 0) is 9.53 Å². The minimum absolute atomic E-state index is 0.0197. The van der Waals surface area contributed by atoms with Crippen molar-refractivity contribution in [1.82, 2.24) is 45.8 Å². The second kappa shape index (κ2) is 18.2. The lowest BCUT2D eigenvalue weighted by atomic mass is 9.91. The third-order valence-corrected chi connectivity index (χ3v) is 10.1. The maximum atomic E-state index is 13.3. The van der Waals surface area contributed by atoms with Gasteiger partial charge in [0.1, 0.15) is 23.5 Å². The molecular weight excluding hydrogens is 731 g/mol. The molecule has 4 amide bonds. The Hall–Kier alpha value is -6.17. The number of ether oxygens (including phenoxy) is 1. The highest BCUT2D eigenvalue weighted by Crippen LogP contribution is 2.35. The average molecular weight is 778 g/mol. The zero-order valence-electron chi connectivity index (χ0n) is 31.5. The van der Waals surface area contributed by atoms with E-state index in [1.807, 2.05) is 78.9 Å². The van der Waals surface area contributed by atoms with Crippen LogP contribution in [0, 0.1) is 0 Å². The predicted molar refractivity (Wildman–Crippen MR) is 211 cm³/mol. The number of aliphatic hydroxyl groups is 2. The van der Waals surface area contributed by atoms with E-state index in [9.17, 15) is 24.6 Å². The van der Waals surface area contributed by atoms with Crippen molar-refractivity contribution in [3.8, 4) is 0 Å². The fraction of sp³-hybridized carbons (Fsp3) is 0.375.